The van der Waals surface area contributed by atoms with Crippen LogP contribution in [-0.4, -0.2) is 26.8 Å². The third-order valence-corrected chi connectivity index (χ3v) is 4.77. The molecule has 0 unspecified atom stereocenters. The van der Waals surface area contributed by atoms with E-state index in [9.17, 15) is 18.0 Å². The van der Waals surface area contributed by atoms with E-state index in [1.807, 2.05) is 6.07 Å². The molecule has 10 heteroatoms. The summed E-state index contributed by atoms with van der Waals surface area (Å²) in [7, 11) is 0. The number of alkyl halides is 3. The van der Waals surface area contributed by atoms with Crippen LogP contribution < -0.4 is 5.32 Å². The van der Waals surface area contributed by atoms with Crippen molar-refractivity contribution in [1.82, 2.24) is 15.2 Å². The van der Waals surface area contributed by atoms with Gasteiger partial charge in [-0.15, -0.1) is 10.2 Å². The molecule has 0 spiro atoms. The summed E-state index contributed by atoms with van der Waals surface area (Å²) >= 11 is 6.97. The summed E-state index contributed by atoms with van der Waals surface area (Å²) in [6.07, 6.45) is -1.22. The van der Waals surface area contributed by atoms with E-state index in [2.05, 4.69) is 20.5 Å². The molecule has 5 nitrogen and oxygen atoms in total. The number of anilines is 1. The maximum atomic E-state index is 12.8. The predicted octanol–water partition coefficient (Wildman–Crippen LogP) is 4.94. The first-order valence-electron chi connectivity index (χ1n) is 7.86. The quantitative estimate of drug-likeness (QED) is 0.587. The summed E-state index contributed by atoms with van der Waals surface area (Å²) in [5.41, 5.74) is 0.456. The number of halogens is 4. The molecule has 0 saturated carbocycles. The molecular weight excluding hydrogens is 413 g/mol. The highest BCUT2D eigenvalue weighted by atomic mass is 35.5. The highest BCUT2D eigenvalue weighted by Gasteiger charge is 2.31. The van der Waals surface area contributed by atoms with Crippen molar-refractivity contribution >= 4 is 35.0 Å². The number of carbonyl (C=O) groups is 1. The second-order valence-corrected chi connectivity index (χ2v) is 6.93. The predicted molar refractivity (Wildman–Crippen MR) is 101 cm³/mol. The number of hydrogen-bond acceptors (Lipinski definition) is 5. The van der Waals surface area contributed by atoms with Gasteiger partial charge in [-0.1, -0.05) is 23.4 Å². The van der Waals surface area contributed by atoms with Crippen LogP contribution in [-0.2, 0) is 11.0 Å². The number of thioether (sulfide) groups is 1. The normalized spacial score (nSPS) is 11.3. The summed E-state index contributed by atoms with van der Waals surface area (Å²) < 4.78 is 38.3. The highest BCUT2D eigenvalue weighted by Crippen LogP contribution is 2.34. The molecule has 3 aromatic rings. The molecule has 0 aliphatic rings. The Hall–Kier alpha value is -2.65. The number of rotatable bonds is 5. The minimum absolute atomic E-state index is 0.0203. The fourth-order valence-electron chi connectivity index (χ4n) is 2.19. The van der Waals surface area contributed by atoms with Gasteiger partial charge in [-0.3, -0.25) is 9.78 Å². The maximum Gasteiger partial charge on any atom is 0.416 e. The molecular formula is C18H12ClF3N4OS. The number of pyridine rings is 1. The summed E-state index contributed by atoms with van der Waals surface area (Å²) in [4.78, 5) is 16.1. The largest absolute Gasteiger partial charge is 0.416 e. The van der Waals surface area contributed by atoms with Gasteiger partial charge in [0.1, 0.15) is 5.03 Å². The zero-order chi connectivity index (χ0) is 20.1. The molecule has 3 rings (SSSR count). The summed E-state index contributed by atoms with van der Waals surface area (Å²) in [5.74, 6) is -0.572. The molecule has 0 fully saturated rings. The maximum absolute atomic E-state index is 12.8. The van der Waals surface area contributed by atoms with Gasteiger partial charge >= 0.3 is 6.18 Å². The van der Waals surface area contributed by atoms with Crippen molar-refractivity contribution in [3.8, 4) is 11.3 Å². The molecule has 144 valence electrons. The van der Waals surface area contributed by atoms with Gasteiger partial charge in [-0.2, -0.15) is 13.2 Å². The Morgan fingerprint density at radius 3 is 2.61 bits per heavy atom. The highest BCUT2D eigenvalue weighted by molar-refractivity contribution is 7.99. The first-order chi connectivity index (χ1) is 13.3. The van der Waals surface area contributed by atoms with E-state index in [0.29, 0.717) is 10.7 Å². The summed E-state index contributed by atoms with van der Waals surface area (Å²) in [6, 6.07) is 9.81. The van der Waals surface area contributed by atoms with Gasteiger partial charge in [-0.25, -0.2) is 0 Å². The standard InChI is InChI=1S/C18H12ClF3N4OS/c19-13-4-3-12(18(20,21)22)8-15(13)24-16(27)10-28-17-6-5-14(25-26-17)11-2-1-7-23-9-11/h1-9H,10H2,(H,24,27). The van der Waals surface area contributed by atoms with E-state index in [-0.39, 0.29) is 16.5 Å². The minimum atomic E-state index is -4.52. The molecule has 0 bridgehead atoms. The van der Waals surface area contributed by atoms with Crippen molar-refractivity contribution < 1.29 is 18.0 Å². The molecule has 2 aromatic heterocycles. The molecule has 0 atom stereocenters. The van der Waals surface area contributed by atoms with E-state index >= 15 is 0 Å². The van der Waals surface area contributed by atoms with Gasteiger partial charge < -0.3 is 5.32 Å². The lowest BCUT2D eigenvalue weighted by Gasteiger charge is -2.11. The smallest absolute Gasteiger partial charge is 0.324 e. The average molecular weight is 425 g/mol. The van der Waals surface area contributed by atoms with Crippen LogP contribution in [0.2, 0.25) is 5.02 Å². The molecule has 0 saturated heterocycles. The van der Waals surface area contributed by atoms with Crippen molar-refractivity contribution in [3.05, 3.63) is 65.4 Å². The van der Waals surface area contributed by atoms with Crippen molar-refractivity contribution in [2.75, 3.05) is 11.1 Å². The monoisotopic (exact) mass is 424 g/mol. The fourth-order valence-corrected chi connectivity index (χ4v) is 2.97. The van der Waals surface area contributed by atoms with Crippen LogP contribution in [0.25, 0.3) is 11.3 Å². The molecule has 1 N–H and O–H groups in total. The third-order valence-electron chi connectivity index (χ3n) is 3.52. The van der Waals surface area contributed by atoms with E-state index in [1.54, 1.807) is 30.6 Å². The molecule has 0 aliphatic heterocycles. The molecule has 1 amide bonds. The Balaban J connectivity index is 1.60. The molecule has 28 heavy (non-hydrogen) atoms. The van der Waals surface area contributed by atoms with Crippen molar-refractivity contribution in [2.24, 2.45) is 0 Å². The number of aromatic nitrogens is 3. The lowest BCUT2D eigenvalue weighted by Crippen LogP contribution is -2.15. The number of carbonyl (C=O) groups excluding carboxylic acids is 1. The molecule has 2 heterocycles. The van der Waals surface area contributed by atoms with Crippen molar-refractivity contribution in [2.45, 2.75) is 11.2 Å². The Kier molecular flexibility index (Phi) is 6.15. The van der Waals surface area contributed by atoms with E-state index < -0.39 is 17.6 Å². The second-order valence-electron chi connectivity index (χ2n) is 5.53. The Labute approximate surface area is 167 Å². The first-order valence-corrected chi connectivity index (χ1v) is 9.23. The number of hydrogen-bond donors (Lipinski definition) is 1. The van der Waals surface area contributed by atoms with Gasteiger partial charge in [0, 0.05) is 18.0 Å². The van der Waals surface area contributed by atoms with Crippen LogP contribution in [0.5, 0.6) is 0 Å². The van der Waals surface area contributed by atoms with Gasteiger partial charge in [-0.05, 0) is 42.5 Å². The topological polar surface area (TPSA) is 67.8 Å². The molecule has 1 aromatic carbocycles. The van der Waals surface area contributed by atoms with Crippen LogP contribution in [0.15, 0.2) is 59.9 Å². The van der Waals surface area contributed by atoms with Gasteiger partial charge in [0.05, 0.1) is 27.7 Å². The lowest BCUT2D eigenvalue weighted by atomic mass is 10.2. The Morgan fingerprint density at radius 1 is 1.14 bits per heavy atom. The minimum Gasteiger partial charge on any atom is -0.324 e. The number of nitrogens with zero attached hydrogens (tertiary/aromatic N) is 3. The summed E-state index contributed by atoms with van der Waals surface area (Å²) in [5, 5.41) is 11.0. The SMILES string of the molecule is O=C(CSc1ccc(-c2cccnc2)nn1)Nc1cc(C(F)(F)F)ccc1Cl. The first kappa shape index (κ1) is 20.1. The lowest BCUT2D eigenvalue weighted by molar-refractivity contribution is -0.137. The van der Waals surface area contributed by atoms with Crippen LogP contribution in [0.3, 0.4) is 0 Å². The number of benzene rings is 1. The zero-order valence-electron chi connectivity index (χ0n) is 14.1. The van der Waals surface area contributed by atoms with Crippen molar-refractivity contribution in [1.29, 1.82) is 0 Å². The van der Waals surface area contributed by atoms with E-state index in [0.717, 1.165) is 35.5 Å². The van der Waals surface area contributed by atoms with Crippen LogP contribution >= 0.6 is 23.4 Å². The number of amides is 1. The van der Waals surface area contributed by atoms with Crippen molar-refractivity contribution in [3.63, 3.8) is 0 Å². The van der Waals surface area contributed by atoms with Gasteiger partial charge in [0.2, 0.25) is 5.91 Å². The van der Waals surface area contributed by atoms with E-state index in [4.69, 9.17) is 11.6 Å². The zero-order valence-corrected chi connectivity index (χ0v) is 15.6. The average Bonchev–Trinajstić information content (AvgIpc) is 2.68. The third kappa shape index (κ3) is 5.20. The summed E-state index contributed by atoms with van der Waals surface area (Å²) in [6.45, 7) is 0. The second kappa shape index (κ2) is 8.57. The van der Waals surface area contributed by atoms with Crippen LogP contribution in [0.1, 0.15) is 5.56 Å². The molecule has 0 aliphatic carbocycles. The Morgan fingerprint density at radius 2 is 1.96 bits per heavy atom. The van der Waals surface area contributed by atoms with Gasteiger partial charge in [0.25, 0.3) is 0 Å². The van der Waals surface area contributed by atoms with Crippen LogP contribution in [0, 0.1) is 0 Å². The van der Waals surface area contributed by atoms with E-state index in [1.165, 1.54) is 0 Å². The van der Waals surface area contributed by atoms with Crippen LogP contribution in [0.4, 0.5) is 18.9 Å². The number of nitrogens with one attached hydrogen (secondary N) is 1. The fraction of sp³-hybridized carbons (Fsp3) is 0.111. The Bertz CT molecular complexity index is 969. The van der Waals surface area contributed by atoms with Gasteiger partial charge in [0.15, 0.2) is 0 Å². The molecule has 0 radical (unpaired) electrons.